The molecule has 0 aliphatic carbocycles. The predicted octanol–water partition coefficient (Wildman–Crippen LogP) is 2.84. The molecule has 0 spiro atoms. The van der Waals surface area contributed by atoms with Gasteiger partial charge < -0.3 is 9.64 Å². The summed E-state index contributed by atoms with van der Waals surface area (Å²) in [7, 11) is 0. The van der Waals surface area contributed by atoms with Gasteiger partial charge in [0.1, 0.15) is 11.9 Å². The highest BCUT2D eigenvalue weighted by Gasteiger charge is 2.31. The lowest BCUT2D eigenvalue weighted by Gasteiger charge is -2.33. The molecule has 0 aromatic heterocycles. The van der Waals surface area contributed by atoms with E-state index >= 15 is 0 Å². The zero-order chi connectivity index (χ0) is 16.8. The first kappa shape index (κ1) is 17.3. The molecule has 1 heterocycles. The Morgan fingerprint density at radius 1 is 1.43 bits per heavy atom. The smallest absolute Gasteiger partial charge is 0.251 e. The second-order valence-corrected chi connectivity index (χ2v) is 5.76. The van der Waals surface area contributed by atoms with E-state index < -0.39 is 6.10 Å². The summed E-state index contributed by atoms with van der Waals surface area (Å²) in [5.41, 5.74) is 0.488. The van der Waals surface area contributed by atoms with Gasteiger partial charge in [0.25, 0.3) is 5.91 Å². The molecule has 0 bridgehead atoms. The van der Waals surface area contributed by atoms with Gasteiger partial charge in [-0.25, -0.2) is 4.39 Å². The van der Waals surface area contributed by atoms with Gasteiger partial charge in [-0.1, -0.05) is 6.08 Å². The average molecular weight is 319 g/mol. The fraction of sp³-hybridized carbons (Fsp3) is 0.444. The molecule has 1 aromatic carbocycles. The van der Waals surface area contributed by atoms with Gasteiger partial charge in [0.15, 0.2) is 5.78 Å². The Morgan fingerprint density at radius 3 is 2.78 bits per heavy atom. The van der Waals surface area contributed by atoms with Crippen molar-refractivity contribution in [1.29, 1.82) is 0 Å². The maximum atomic E-state index is 13.0. The summed E-state index contributed by atoms with van der Waals surface area (Å²) in [6.07, 6.45) is 2.56. The lowest BCUT2D eigenvalue weighted by atomic mass is 9.90. The number of ether oxygens (including phenoxy) is 1. The van der Waals surface area contributed by atoms with Crippen LogP contribution in [0.3, 0.4) is 0 Å². The summed E-state index contributed by atoms with van der Waals surface area (Å²) in [6, 6.07) is 5.55. The van der Waals surface area contributed by atoms with E-state index in [4.69, 9.17) is 4.74 Å². The summed E-state index contributed by atoms with van der Waals surface area (Å²) >= 11 is 0. The lowest BCUT2D eigenvalue weighted by molar-refractivity contribution is -0.143. The van der Waals surface area contributed by atoms with E-state index in [-0.39, 0.29) is 23.4 Å². The largest absolute Gasteiger partial charge is 0.365 e. The molecule has 1 aliphatic heterocycles. The molecule has 124 valence electrons. The van der Waals surface area contributed by atoms with E-state index in [9.17, 15) is 14.0 Å². The molecule has 5 heteroatoms. The maximum Gasteiger partial charge on any atom is 0.251 e. The third kappa shape index (κ3) is 4.48. The monoisotopic (exact) mass is 319 g/mol. The third-order valence-electron chi connectivity index (χ3n) is 4.04. The zero-order valence-corrected chi connectivity index (χ0v) is 13.3. The number of carbonyl (C=O) groups is 2. The number of halogens is 1. The van der Waals surface area contributed by atoms with Crippen LogP contribution in [-0.2, 0) is 9.53 Å². The number of hydrogen-bond donors (Lipinski definition) is 0. The van der Waals surface area contributed by atoms with E-state index in [1.54, 1.807) is 17.9 Å². The Labute approximate surface area is 135 Å². The van der Waals surface area contributed by atoms with Crippen molar-refractivity contribution in [2.24, 2.45) is 5.92 Å². The second kappa shape index (κ2) is 8.02. The highest BCUT2D eigenvalue weighted by Crippen LogP contribution is 2.22. The Hall–Kier alpha value is -2.01. The van der Waals surface area contributed by atoms with Gasteiger partial charge in [0, 0.05) is 24.6 Å². The number of carbonyl (C=O) groups excluding carboxylic acids is 2. The van der Waals surface area contributed by atoms with E-state index in [0.717, 1.165) is 12.8 Å². The zero-order valence-electron chi connectivity index (χ0n) is 13.3. The van der Waals surface area contributed by atoms with Crippen molar-refractivity contribution < 1.29 is 18.7 Å². The summed E-state index contributed by atoms with van der Waals surface area (Å²) < 4.78 is 18.3. The average Bonchev–Trinajstić information content (AvgIpc) is 2.59. The second-order valence-electron chi connectivity index (χ2n) is 5.76. The molecule has 23 heavy (non-hydrogen) atoms. The van der Waals surface area contributed by atoms with Crippen LogP contribution in [0, 0.1) is 11.7 Å². The number of likely N-dealkylation sites (tertiary alicyclic amines) is 1. The molecule has 0 unspecified atom stereocenters. The normalized spacial score (nSPS) is 19.2. The first-order chi connectivity index (χ1) is 11.0. The highest BCUT2D eigenvalue weighted by atomic mass is 19.1. The Balaban J connectivity index is 1.99. The van der Waals surface area contributed by atoms with E-state index in [2.05, 4.69) is 6.58 Å². The molecular weight excluding hydrogens is 297 g/mol. The molecule has 2 rings (SSSR count). The Bertz CT molecular complexity index is 570. The van der Waals surface area contributed by atoms with Crippen molar-refractivity contribution in [2.75, 3.05) is 19.7 Å². The van der Waals surface area contributed by atoms with Crippen molar-refractivity contribution in [2.45, 2.75) is 25.9 Å². The molecule has 2 atom stereocenters. The minimum absolute atomic E-state index is 0.0397. The fourth-order valence-corrected chi connectivity index (χ4v) is 2.78. The summed E-state index contributed by atoms with van der Waals surface area (Å²) in [6.45, 7) is 6.60. The fourth-order valence-electron chi connectivity index (χ4n) is 2.78. The Morgan fingerprint density at radius 2 is 2.13 bits per heavy atom. The molecule has 1 fully saturated rings. The molecule has 0 N–H and O–H groups in total. The van der Waals surface area contributed by atoms with Crippen molar-refractivity contribution in [3.05, 3.63) is 48.3 Å². The number of ketones is 1. The molecule has 1 aromatic rings. The summed E-state index contributed by atoms with van der Waals surface area (Å²) in [4.78, 5) is 26.6. The molecule has 0 radical (unpaired) electrons. The molecule has 0 saturated carbocycles. The molecule has 1 aliphatic rings. The minimum Gasteiger partial charge on any atom is -0.365 e. The Kier molecular flexibility index (Phi) is 6.04. The van der Waals surface area contributed by atoms with E-state index in [1.165, 1.54) is 24.3 Å². The van der Waals surface area contributed by atoms with Crippen molar-refractivity contribution in [3.8, 4) is 0 Å². The van der Waals surface area contributed by atoms with E-state index in [0.29, 0.717) is 25.3 Å². The van der Waals surface area contributed by atoms with Crippen LogP contribution in [-0.4, -0.2) is 42.4 Å². The molecule has 1 saturated heterocycles. The van der Waals surface area contributed by atoms with Gasteiger partial charge >= 0.3 is 0 Å². The van der Waals surface area contributed by atoms with Crippen LogP contribution in [0.5, 0.6) is 0 Å². The number of benzene rings is 1. The maximum absolute atomic E-state index is 13.0. The number of hydrogen-bond acceptors (Lipinski definition) is 3. The van der Waals surface area contributed by atoms with Crippen LogP contribution in [0.4, 0.5) is 4.39 Å². The van der Waals surface area contributed by atoms with Gasteiger partial charge in [0.2, 0.25) is 0 Å². The van der Waals surface area contributed by atoms with Crippen molar-refractivity contribution in [1.82, 2.24) is 4.90 Å². The number of amides is 1. The highest BCUT2D eigenvalue weighted by molar-refractivity contribution is 5.98. The first-order valence-corrected chi connectivity index (χ1v) is 7.84. The summed E-state index contributed by atoms with van der Waals surface area (Å²) in [5.74, 6) is -0.759. The van der Waals surface area contributed by atoms with Crippen molar-refractivity contribution in [3.63, 3.8) is 0 Å². The number of piperidine rings is 1. The SMILES string of the molecule is C=CCO[C@H](C)C(=O)N1CCC[C@@H](C(=O)c2ccc(F)cc2)C1. The van der Waals surface area contributed by atoms with Crippen LogP contribution in [0.1, 0.15) is 30.1 Å². The standard InChI is InChI=1S/C18H22FNO3/c1-3-11-23-13(2)18(22)20-10-4-5-15(12-20)17(21)14-6-8-16(19)9-7-14/h3,6-9,13,15H,1,4-5,10-12H2,2H3/t13-,15-/m1/s1. The van der Waals surface area contributed by atoms with Crippen LogP contribution >= 0.6 is 0 Å². The first-order valence-electron chi connectivity index (χ1n) is 7.84. The number of Topliss-reactive ketones (excluding diaryl/α,β-unsaturated/α-hetero) is 1. The number of rotatable bonds is 6. The lowest BCUT2D eigenvalue weighted by Crippen LogP contribution is -2.46. The third-order valence-corrected chi connectivity index (χ3v) is 4.04. The van der Waals surface area contributed by atoms with Gasteiger partial charge in [-0.05, 0) is 44.0 Å². The van der Waals surface area contributed by atoms with Gasteiger partial charge in [0.05, 0.1) is 6.61 Å². The quantitative estimate of drug-likeness (QED) is 0.598. The van der Waals surface area contributed by atoms with Gasteiger partial charge in [-0.3, -0.25) is 9.59 Å². The summed E-state index contributed by atoms with van der Waals surface area (Å²) in [5, 5.41) is 0. The van der Waals surface area contributed by atoms with Crippen LogP contribution in [0.15, 0.2) is 36.9 Å². The number of nitrogens with zero attached hydrogens (tertiary/aromatic N) is 1. The van der Waals surface area contributed by atoms with Crippen LogP contribution < -0.4 is 0 Å². The molecule has 1 amide bonds. The van der Waals surface area contributed by atoms with Crippen molar-refractivity contribution >= 4 is 11.7 Å². The predicted molar refractivity (Wildman–Crippen MR) is 85.6 cm³/mol. The molecule has 4 nitrogen and oxygen atoms in total. The molecular formula is C18H22FNO3. The van der Waals surface area contributed by atoms with Crippen LogP contribution in [0.2, 0.25) is 0 Å². The topological polar surface area (TPSA) is 46.6 Å². The van der Waals surface area contributed by atoms with Gasteiger partial charge in [-0.2, -0.15) is 0 Å². The van der Waals surface area contributed by atoms with E-state index in [1.807, 2.05) is 0 Å². The van der Waals surface area contributed by atoms with Gasteiger partial charge in [-0.15, -0.1) is 6.58 Å². The minimum atomic E-state index is -0.548. The van der Waals surface area contributed by atoms with Crippen LogP contribution in [0.25, 0.3) is 0 Å².